The van der Waals surface area contributed by atoms with Gasteiger partial charge in [-0.15, -0.1) is 0 Å². The van der Waals surface area contributed by atoms with Crippen molar-refractivity contribution in [2.24, 2.45) is 0 Å². The van der Waals surface area contributed by atoms with Gasteiger partial charge in [0.25, 0.3) is 11.6 Å². The zero-order valence-electron chi connectivity index (χ0n) is 13.5. The number of hydrogen-bond donors (Lipinski definition) is 0. The minimum Gasteiger partial charge on any atom is -0.332 e. The maximum absolute atomic E-state index is 12.7. The van der Waals surface area contributed by atoms with Crippen LogP contribution in [0.4, 0.5) is 5.69 Å². The lowest BCUT2D eigenvalue weighted by molar-refractivity contribution is -0.384. The van der Waals surface area contributed by atoms with Gasteiger partial charge in [-0.1, -0.05) is 12.1 Å². The molecule has 24 heavy (non-hydrogen) atoms. The molecule has 0 bridgehead atoms. The molecule has 6 heteroatoms. The zero-order chi connectivity index (χ0) is 17.7. The molecular formula is C18H17N3O3. The quantitative estimate of drug-likeness (QED) is 0.622. The van der Waals surface area contributed by atoms with Crippen molar-refractivity contribution in [3.05, 3.63) is 75.3 Å². The fourth-order valence-electron chi connectivity index (χ4n) is 2.26. The first-order valence-corrected chi connectivity index (χ1v) is 7.47. The highest BCUT2D eigenvalue weighted by molar-refractivity contribution is 5.94. The Morgan fingerprint density at radius 2 is 1.75 bits per heavy atom. The predicted molar refractivity (Wildman–Crippen MR) is 89.3 cm³/mol. The zero-order valence-corrected chi connectivity index (χ0v) is 13.5. The fraction of sp³-hybridized carbons (Fsp3) is 0.222. The van der Waals surface area contributed by atoms with Crippen molar-refractivity contribution in [3.63, 3.8) is 0 Å². The van der Waals surface area contributed by atoms with Gasteiger partial charge in [0.1, 0.15) is 0 Å². The summed E-state index contributed by atoms with van der Waals surface area (Å²) in [5.74, 6) is -0.191. The van der Waals surface area contributed by atoms with Crippen molar-refractivity contribution >= 4 is 11.6 Å². The molecule has 0 saturated carbocycles. The van der Waals surface area contributed by atoms with Crippen LogP contribution in [0.5, 0.6) is 0 Å². The molecule has 0 heterocycles. The molecule has 0 saturated heterocycles. The number of nitro benzene ring substituents is 1. The predicted octanol–water partition coefficient (Wildman–Crippen LogP) is 3.52. The van der Waals surface area contributed by atoms with Gasteiger partial charge in [0.2, 0.25) is 0 Å². The van der Waals surface area contributed by atoms with E-state index in [0.29, 0.717) is 17.7 Å². The summed E-state index contributed by atoms with van der Waals surface area (Å²) in [5.41, 5.74) is 1.84. The van der Waals surface area contributed by atoms with E-state index in [9.17, 15) is 14.9 Å². The third kappa shape index (κ3) is 3.96. The molecule has 122 valence electrons. The van der Waals surface area contributed by atoms with Crippen molar-refractivity contribution in [2.45, 2.75) is 26.4 Å². The number of amides is 1. The molecule has 0 aromatic heterocycles. The first kappa shape index (κ1) is 17.2. The molecule has 0 fully saturated rings. The van der Waals surface area contributed by atoms with Crippen LogP contribution in [0, 0.1) is 21.4 Å². The number of hydrogen-bond acceptors (Lipinski definition) is 4. The van der Waals surface area contributed by atoms with E-state index in [2.05, 4.69) is 6.07 Å². The summed E-state index contributed by atoms with van der Waals surface area (Å²) in [4.78, 5) is 24.6. The monoisotopic (exact) mass is 323 g/mol. The number of benzene rings is 2. The van der Waals surface area contributed by atoms with Crippen LogP contribution >= 0.6 is 0 Å². The standard InChI is InChI=1S/C18H17N3O3/c1-13(2)20(12-15-5-3-14(11-19)4-6-15)18(22)16-7-9-17(10-8-16)21(23)24/h3-10,13H,12H2,1-2H3. The van der Waals surface area contributed by atoms with Crippen LogP contribution in [0.25, 0.3) is 0 Å². The highest BCUT2D eigenvalue weighted by atomic mass is 16.6. The largest absolute Gasteiger partial charge is 0.332 e. The average molecular weight is 323 g/mol. The normalized spacial score (nSPS) is 10.2. The lowest BCUT2D eigenvalue weighted by Crippen LogP contribution is -2.36. The van der Waals surface area contributed by atoms with Gasteiger partial charge in [0.15, 0.2) is 0 Å². The van der Waals surface area contributed by atoms with Crippen LogP contribution in [-0.4, -0.2) is 21.8 Å². The smallest absolute Gasteiger partial charge is 0.269 e. The van der Waals surface area contributed by atoms with E-state index in [1.165, 1.54) is 24.3 Å². The third-order valence-electron chi connectivity index (χ3n) is 3.65. The van der Waals surface area contributed by atoms with E-state index in [1.807, 2.05) is 26.0 Å². The summed E-state index contributed by atoms with van der Waals surface area (Å²) in [5, 5.41) is 19.5. The van der Waals surface area contributed by atoms with Gasteiger partial charge < -0.3 is 4.90 Å². The van der Waals surface area contributed by atoms with Gasteiger partial charge in [-0.05, 0) is 43.7 Å². The highest BCUT2D eigenvalue weighted by Crippen LogP contribution is 2.17. The minimum absolute atomic E-state index is 0.0386. The molecule has 2 aromatic rings. The Bertz CT molecular complexity index is 775. The van der Waals surface area contributed by atoms with E-state index >= 15 is 0 Å². The number of carbonyl (C=O) groups excluding carboxylic acids is 1. The van der Waals surface area contributed by atoms with Gasteiger partial charge in [-0.25, -0.2) is 0 Å². The molecule has 2 rings (SSSR count). The van der Waals surface area contributed by atoms with Crippen molar-refractivity contribution in [1.29, 1.82) is 5.26 Å². The van der Waals surface area contributed by atoms with Crippen LogP contribution in [-0.2, 0) is 6.54 Å². The van der Waals surface area contributed by atoms with Crippen LogP contribution in [0.2, 0.25) is 0 Å². The van der Waals surface area contributed by atoms with Gasteiger partial charge in [-0.3, -0.25) is 14.9 Å². The van der Waals surface area contributed by atoms with Crippen LogP contribution < -0.4 is 0 Å². The van der Waals surface area contributed by atoms with Crippen LogP contribution in [0.15, 0.2) is 48.5 Å². The topological polar surface area (TPSA) is 87.2 Å². The van der Waals surface area contributed by atoms with Gasteiger partial charge in [0.05, 0.1) is 16.6 Å². The summed E-state index contributed by atoms with van der Waals surface area (Å²) >= 11 is 0. The van der Waals surface area contributed by atoms with Crippen LogP contribution in [0.3, 0.4) is 0 Å². The van der Waals surface area contributed by atoms with Crippen molar-refractivity contribution < 1.29 is 9.72 Å². The first-order valence-electron chi connectivity index (χ1n) is 7.47. The second-order valence-corrected chi connectivity index (χ2v) is 5.64. The number of carbonyl (C=O) groups is 1. The molecule has 0 atom stereocenters. The Morgan fingerprint density at radius 3 is 2.21 bits per heavy atom. The minimum atomic E-state index is -0.495. The molecule has 0 aliphatic carbocycles. The molecule has 0 spiro atoms. The van der Waals surface area contributed by atoms with E-state index < -0.39 is 4.92 Å². The Hall–Kier alpha value is -3.20. The Kier molecular flexibility index (Phi) is 5.27. The molecular weight excluding hydrogens is 306 g/mol. The van der Waals surface area contributed by atoms with Crippen molar-refractivity contribution in [1.82, 2.24) is 4.90 Å². The van der Waals surface area contributed by atoms with Gasteiger partial charge >= 0.3 is 0 Å². The van der Waals surface area contributed by atoms with Crippen molar-refractivity contribution in [3.8, 4) is 6.07 Å². The second-order valence-electron chi connectivity index (χ2n) is 5.64. The molecule has 0 radical (unpaired) electrons. The van der Waals surface area contributed by atoms with Gasteiger partial charge in [0, 0.05) is 30.3 Å². The van der Waals surface area contributed by atoms with E-state index in [0.717, 1.165) is 5.56 Å². The SMILES string of the molecule is CC(C)N(Cc1ccc(C#N)cc1)C(=O)c1ccc([N+](=O)[O-])cc1. The number of rotatable bonds is 5. The lowest BCUT2D eigenvalue weighted by atomic mass is 10.1. The number of non-ortho nitro benzene ring substituents is 1. The maximum Gasteiger partial charge on any atom is 0.269 e. The fourth-order valence-corrected chi connectivity index (χ4v) is 2.26. The van der Waals surface area contributed by atoms with Gasteiger partial charge in [-0.2, -0.15) is 5.26 Å². The number of nitriles is 1. The number of nitrogens with zero attached hydrogens (tertiary/aromatic N) is 3. The molecule has 0 aliphatic heterocycles. The molecule has 0 N–H and O–H groups in total. The molecule has 6 nitrogen and oxygen atoms in total. The molecule has 2 aromatic carbocycles. The summed E-state index contributed by atoms with van der Waals surface area (Å²) < 4.78 is 0. The maximum atomic E-state index is 12.7. The number of nitro groups is 1. The summed E-state index contributed by atoms with van der Waals surface area (Å²) in [6.07, 6.45) is 0. The Balaban J connectivity index is 2.21. The summed E-state index contributed by atoms with van der Waals surface area (Å²) in [6, 6.07) is 14.7. The Morgan fingerprint density at radius 1 is 1.17 bits per heavy atom. The summed E-state index contributed by atoms with van der Waals surface area (Å²) in [7, 11) is 0. The average Bonchev–Trinajstić information content (AvgIpc) is 2.59. The van der Waals surface area contributed by atoms with E-state index in [4.69, 9.17) is 5.26 Å². The molecule has 1 amide bonds. The second kappa shape index (κ2) is 7.38. The van der Waals surface area contributed by atoms with Crippen LogP contribution in [0.1, 0.15) is 35.3 Å². The van der Waals surface area contributed by atoms with E-state index in [1.54, 1.807) is 17.0 Å². The molecule has 0 unspecified atom stereocenters. The third-order valence-corrected chi connectivity index (χ3v) is 3.65. The first-order chi connectivity index (χ1) is 11.4. The van der Waals surface area contributed by atoms with E-state index in [-0.39, 0.29) is 17.6 Å². The lowest BCUT2D eigenvalue weighted by Gasteiger charge is -2.27. The molecule has 0 aliphatic rings. The Labute approximate surface area is 140 Å². The van der Waals surface area contributed by atoms with Crippen molar-refractivity contribution in [2.75, 3.05) is 0 Å². The summed E-state index contributed by atoms with van der Waals surface area (Å²) in [6.45, 7) is 4.22. The highest BCUT2D eigenvalue weighted by Gasteiger charge is 2.20.